The third kappa shape index (κ3) is 3.79. The van der Waals surface area contributed by atoms with Gasteiger partial charge in [-0.3, -0.25) is 9.36 Å². The highest BCUT2D eigenvalue weighted by Gasteiger charge is 2.34. The molecule has 0 unspecified atom stereocenters. The lowest BCUT2D eigenvalue weighted by Gasteiger charge is -2.32. The van der Waals surface area contributed by atoms with Crippen molar-refractivity contribution < 1.29 is 13.2 Å². The Bertz CT molecular complexity index is 815. The third-order valence-electron chi connectivity index (χ3n) is 5.03. The summed E-state index contributed by atoms with van der Waals surface area (Å²) in [6.07, 6.45) is 4.60. The number of aryl methyl sites for hydroxylation is 1. The molecule has 0 N–H and O–H groups in total. The third-order valence-corrected chi connectivity index (χ3v) is 6.29. The van der Waals surface area contributed by atoms with Crippen molar-refractivity contribution in [2.75, 3.05) is 32.9 Å². The molecule has 0 bridgehead atoms. The van der Waals surface area contributed by atoms with Gasteiger partial charge in [0.2, 0.25) is 15.9 Å². The van der Waals surface area contributed by atoms with E-state index in [1.165, 1.54) is 11.7 Å². The minimum absolute atomic E-state index is 0.0641. The number of likely N-dealkylation sites (N-methyl/N-ethyl adjacent to an activating group) is 1. The topological polar surface area (TPSA) is 97.5 Å². The summed E-state index contributed by atoms with van der Waals surface area (Å²) in [4.78, 5) is 26.2. The molecule has 2 aliphatic rings. The van der Waals surface area contributed by atoms with E-state index in [9.17, 15) is 18.0 Å². The van der Waals surface area contributed by atoms with Crippen molar-refractivity contribution >= 4 is 15.9 Å². The van der Waals surface area contributed by atoms with Gasteiger partial charge in [-0.15, -0.1) is 0 Å². The van der Waals surface area contributed by atoms with Crippen molar-refractivity contribution in [1.82, 2.24) is 23.6 Å². The molecule has 140 valence electrons. The predicted octanol–water partition coefficient (Wildman–Crippen LogP) is -0.486. The average molecular weight is 371 g/mol. The van der Waals surface area contributed by atoms with E-state index in [0.29, 0.717) is 13.1 Å². The van der Waals surface area contributed by atoms with Crippen LogP contribution in [-0.2, 0) is 21.9 Å². The van der Waals surface area contributed by atoms with E-state index < -0.39 is 10.0 Å². The maximum atomic E-state index is 12.3. The zero-order valence-corrected chi connectivity index (χ0v) is 15.7. The van der Waals surface area contributed by atoms with Gasteiger partial charge in [0.25, 0.3) is 0 Å². The Kier molecular flexibility index (Phi) is 4.76. The number of carbonyl (C=O) groups excluding carboxylic acids is 1. The molecule has 1 aromatic rings. The maximum Gasteiger partial charge on any atom is 0.345 e. The van der Waals surface area contributed by atoms with Crippen LogP contribution in [0.25, 0.3) is 0 Å². The Morgan fingerprint density at radius 1 is 1.24 bits per heavy atom. The van der Waals surface area contributed by atoms with Gasteiger partial charge in [-0.05, 0) is 25.7 Å². The van der Waals surface area contributed by atoms with Crippen LogP contribution >= 0.6 is 0 Å². The molecule has 3 rings (SSSR count). The highest BCUT2D eigenvalue weighted by atomic mass is 32.2. The molecular formula is C15H25N5O4S. The van der Waals surface area contributed by atoms with E-state index in [1.807, 2.05) is 4.57 Å². The molecule has 0 aromatic carbocycles. The van der Waals surface area contributed by atoms with Crippen molar-refractivity contribution in [2.24, 2.45) is 7.05 Å². The van der Waals surface area contributed by atoms with E-state index in [2.05, 4.69) is 5.10 Å². The van der Waals surface area contributed by atoms with Gasteiger partial charge in [-0.25, -0.2) is 17.9 Å². The van der Waals surface area contributed by atoms with Crippen LogP contribution in [0.5, 0.6) is 0 Å². The Morgan fingerprint density at radius 3 is 2.36 bits per heavy atom. The zero-order chi connectivity index (χ0) is 18.4. The van der Waals surface area contributed by atoms with E-state index in [-0.39, 0.29) is 30.1 Å². The van der Waals surface area contributed by atoms with Crippen molar-refractivity contribution in [1.29, 1.82) is 0 Å². The molecule has 1 aliphatic carbocycles. The number of sulfonamides is 1. The Morgan fingerprint density at radius 2 is 1.84 bits per heavy atom. The molecule has 0 spiro atoms. The SMILES string of the molecule is CN(CC(=O)N1CCC(c2nn(C)c(=O)n2C2CC2)CC1)S(C)(=O)=O. The van der Waals surface area contributed by atoms with Crippen molar-refractivity contribution in [3.05, 3.63) is 16.3 Å². The molecule has 1 saturated heterocycles. The summed E-state index contributed by atoms with van der Waals surface area (Å²) in [5.41, 5.74) is -0.0641. The molecule has 9 nitrogen and oxygen atoms in total. The van der Waals surface area contributed by atoms with Crippen LogP contribution in [0.4, 0.5) is 0 Å². The fraction of sp³-hybridized carbons (Fsp3) is 0.800. The highest BCUT2D eigenvalue weighted by Crippen LogP contribution is 2.37. The molecule has 25 heavy (non-hydrogen) atoms. The smallest absolute Gasteiger partial charge is 0.342 e. The second kappa shape index (κ2) is 6.56. The quantitative estimate of drug-likeness (QED) is 0.696. The Balaban J connectivity index is 1.64. The van der Waals surface area contributed by atoms with Gasteiger partial charge >= 0.3 is 5.69 Å². The summed E-state index contributed by atoms with van der Waals surface area (Å²) in [7, 11) is -0.290. The summed E-state index contributed by atoms with van der Waals surface area (Å²) in [6, 6.07) is 0.277. The number of hydrogen-bond donors (Lipinski definition) is 0. The lowest BCUT2D eigenvalue weighted by Crippen LogP contribution is -2.44. The first-order valence-corrected chi connectivity index (χ1v) is 10.4. The van der Waals surface area contributed by atoms with Gasteiger partial charge in [0.1, 0.15) is 5.82 Å². The molecule has 1 aromatic heterocycles. The minimum Gasteiger partial charge on any atom is -0.342 e. The fourth-order valence-electron chi connectivity index (χ4n) is 3.25. The summed E-state index contributed by atoms with van der Waals surface area (Å²) in [5.74, 6) is 0.800. The maximum absolute atomic E-state index is 12.3. The number of likely N-dealkylation sites (tertiary alicyclic amines) is 1. The number of nitrogens with zero attached hydrogens (tertiary/aromatic N) is 5. The van der Waals surface area contributed by atoms with E-state index >= 15 is 0 Å². The minimum atomic E-state index is -3.37. The first kappa shape index (κ1) is 18.1. The second-order valence-corrected chi connectivity index (χ2v) is 9.13. The monoisotopic (exact) mass is 371 g/mol. The lowest BCUT2D eigenvalue weighted by molar-refractivity contribution is -0.132. The zero-order valence-electron chi connectivity index (χ0n) is 14.9. The number of piperidine rings is 1. The first-order valence-electron chi connectivity index (χ1n) is 8.53. The van der Waals surface area contributed by atoms with Crippen LogP contribution in [-0.4, -0.2) is 70.8 Å². The van der Waals surface area contributed by atoms with Crippen molar-refractivity contribution in [3.8, 4) is 0 Å². The van der Waals surface area contributed by atoms with Gasteiger partial charge in [-0.1, -0.05) is 0 Å². The number of amides is 1. The van der Waals surface area contributed by atoms with E-state index in [1.54, 1.807) is 11.9 Å². The van der Waals surface area contributed by atoms with Gasteiger partial charge in [0, 0.05) is 39.1 Å². The number of aromatic nitrogens is 3. The summed E-state index contributed by atoms with van der Waals surface area (Å²) < 4.78 is 27.2. The lowest BCUT2D eigenvalue weighted by atomic mass is 9.96. The number of rotatable bonds is 5. The van der Waals surface area contributed by atoms with Gasteiger partial charge in [0.15, 0.2) is 0 Å². The molecule has 1 aliphatic heterocycles. The Hall–Kier alpha value is -1.68. The summed E-state index contributed by atoms with van der Waals surface area (Å²) in [6.45, 7) is 0.965. The summed E-state index contributed by atoms with van der Waals surface area (Å²) in [5, 5.41) is 4.42. The van der Waals surface area contributed by atoms with E-state index in [4.69, 9.17) is 0 Å². The van der Waals surface area contributed by atoms with Crippen molar-refractivity contribution in [3.63, 3.8) is 0 Å². The number of carbonyl (C=O) groups is 1. The van der Waals surface area contributed by atoms with Crippen LogP contribution < -0.4 is 5.69 Å². The highest BCUT2D eigenvalue weighted by molar-refractivity contribution is 7.88. The molecule has 2 heterocycles. The van der Waals surface area contributed by atoms with Gasteiger partial charge in [0.05, 0.1) is 12.8 Å². The van der Waals surface area contributed by atoms with Crippen LogP contribution in [0.3, 0.4) is 0 Å². The molecule has 10 heteroatoms. The van der Waals surface area contributed by atoms with Crippen LogP contribution in [0.1, 0.15) is 43.5 Å². The van der Waals surface area contributed by atoms with Gasteiger partial charge < -0.3 is 4.90 Å². The molecular weight excluding hydrogens is 346 g/mol. The largest absolute Gasteiger partial charge is 0.345 e. The first-order chi connectivity index (χ1) is 11.7. The molecule has 1 amide bonds. The van der Waals surface area contributed by atoms with Crippen LogP contribution in [0, 0.1) is 0 Å². The standard InChI is InChI=1S/C15H25N5O4S/c1-17(25(3,23)24)10-13(21)19-8-6-11(7-9-19)14-16-18(2)15(22)20(14)12-4-5-12/h11-12H,4-10H2,1-3H3. The van der Waals surface area contributed by atoms with Crippen LogP contribution in [0.15, 0.2) is 4.79 Å². The fourth-order valence-corrected chi connectivity index (χ4v) is 3.59. The normalized spacial score (nSPS) is 19.6. The summed E-state index contributed by atoms with van der Waals surface area (Å²) >= 11 is 0. The molecule has 1 saturated carbocycles. The number of hydrogen-bond acceptors (Lipinski definition) is 5. The predicted molar refractivity (Wildman–Crippen MR) is 91.8 cm³/mol. The molecule has 0 atom stereocenters. The van der Waals surface area contributed by atoms with Gasteiger partial charge in [-0.2, -0.15) is 9.40 Å². The Labute approximate surface area is 147 Å². The second-order valence-electron chi connectivity index (χ2n) is 7.04. The molecule has 0 radical (unpaired) electrons. The average Bonchev–Trinajstić information content (AvgIpc) is 3.33. The molecule has 2 fully saturated rings. The van der Waals surface area contributed by atoms with Crippen LogP contribution in [0.2, 0.25) is 0 Å². The van der Waals surface area contributed by atoms with E-state index in [0.717, 1.165) is 42.1 Å². The van der Waals surface area contributed by atoms with Crippen molar-refractivity contribution in [2.45, 2.75) is 37.6 Å².